The highest BCUT2D eigenvalue weighted by Gasteiger charge is 2.32. The van der Waals surface area contributed by atoms with Gasteiger partial charge in [0, 0.05) is 70.1 Å². The van der Waals surface area contributed by atoms with Crippen LogP contribution in [0.3, 0.4) is 0 Å². The third-order valence-corrected chi connectivity index (χ3v) is 10.4. The van der Waals surface area contributed by atoms with Gasteiger partial charge in [-0.05, 0) is 61.6 Å². The van der Waals surface area contributed by atoms with Gasteiger partial charge in [-0.2, -0.15) is 5.10 Å². The van der Waals surface area contributed by atoms with Gasteiger partial charge in [0.2, 0.25) is 0 Å². The molecule has 4 aromatic rings. The number of ether oxygens (including phenoxy) is 2. The van der Waals surface area contributed by atoms with Crippen molar-refractivity contribution in [2.24, 2.45) is 7.05 Å². The van der Waals surface area contributed by atoms with Gasteiger partial charge < -0.3 is 29.2 Å². The van der Waals surface area contributed by atoms with E-state index < -0.39 is 5.97 Å². The maximum absolute atomic E-state index is 14.0. The van der Waals surface area contributed by atoms with Gasteiger partial charge in [0.25, 0.3) is 11.5 Å². The Bertz CT molecular complexity index is 1990. The second kappa shape index (κ2) is 13.4. The molecule has 13 heteroatoms. The van der Waals surface area contributed by atoms with Crippen LogP contribution >= 0.6 is 0 Å². The van der Waals surface area contributed by atoms with Crippen LogP contribution in [0.1, 0.15) is 47.1 Å². The van der Waals surface area contributed by atoms with Crippen LogP contribution in [0.4, 0.5) is 22.9 Å². The predicted octanol–water partition coefficient (Wildman–Crippen LogP) is 3.51. The summed E-state index contributed by atoms with van der Waals surface area (Å²) in [7, 11) is 1.60. The van der Waals surface area contributed by atoms with Crippen LogP contribution in [0.15, 0.2) is 53.5 Å². The molecule has 1 N–H and O–H groups in total. The molecule has 1 aromatic carbocycles. The minimum absolute atomic E-state index is 0.0544. The Morgan fingerprint density at radius 2 is 1.82 bits per heavy atom. The average Bonchev–Trinajstić information content (AvgIpc) is 3.49. The topological polar surface area (TPSA) is 127 Å². The van der Waals surface area contributed by atoms with Crippen LogP contribution in [0.2, 0.25) is 0 Å². The average molecular weight is 679 g/mol. The van der Waals surface area contributed by atoms with Crippen molar-refractivity contribution in [1.82, 2.24) is 24.2 Å². The number of fused-ring (bicyclic) bond motifs is 3. The molecule has 6 heterocycles. The monoisotopic (exact) mass is 678 g/mol. The molecule has 8 rings (SSSR count). The van der Waals surface area contributed by atoms with Crippen molar-refractivity contribution in [2.45, 2.75) is 51.8 Å². The minimum atomic E-state index is -0.433. The van der Waals surface area contributed by atoms with Crippen LogP contribution in [-0.2, 0) is 47.3 Å². The summed E-state index contributed by atoms with van der Waals surface area (Å²) in [4.78, 5) is 50.6. The number of benzene rings is 1. The van der Waals surface area contributed by atoms with Gasteiger partial charge >= 0.3 is 5.97 Å². The quantitative estimate of drug-likeness (QED) is 0.277. The number of carbonyl (C=O) groups is 2. The highest BCUT2D eigenvalue weighted by Crippen LogP contribution is 2.36. The fourth-order valence-corrected chi connectivity index (χ4v) is 7.65. The number of pyridine rings is 1. The van der Waals surface area contributed by atoms with Crippen molar-refractivity contribution < 1.29 is 19.1 Å². The van der Waals surface area contributed by atoms with E-state index in [0.717, 1.165) is 70.8 Å². The van der Waals surface area contributed by atoms with Gasteiger partial charge in [0.1, 0.15) is 23.8 Å². The molecule has 1 aliphatic carbocycles. The first-order valence-corrected chi connectivity index (χ1v) is 17.5. The van der Waals surface area contributed by atoms with Crippen LogP contribution in [0.5, 0.6) is 0 Å². The molecule has 0 radical (unpaired) electrons. The summed E-state index contributed by atoms with van der Waals surface area (Å²) in [6.07, 6.45) is 6.11. The molecular weight excluding hydrogens is 636 g/mol. The zero-order chi connectivity index (χ0) is 34.4. The SMILES string of the molecule is CC(=O)OCc1c(-c2cc(Nc3ccc(N4CCN(C5COC5)CC4)cn3)c(=O)n(C)n2)cccc1N1CCn2c(cc3c2CCCC3)C1=O. The molecule has 260 valence electrons. The molecular formula is C37H42N8O5. The summed E-state index contributed by atoms with van der Waals surface area (Å²) >= 11 is 0. The number of hydrogen-bond donors (Lipinski definition) is 1. The first-order valence-electron chi connectivity index (χ1n) is 17.5. The molecule has 13 nitrogen and oxygen atoms in total. The number of aryl methyl sites for hydroxylation is 2. The van der Waals surface area contributed by atoms with Crippen molar-refractivity contribution in [2.75, 3.05) is 61.1 Å². The summed E-state index contributed by atoms with van der Waals surface area (Å²) in [6, 6.07) is 13.8. The molecule has 2 saturated heterocycles. The highest BCUT2D eigenvalue weighted by molar-refractivity contribution is 6.07. The van der Waals surface area contributed by atoms with E-state index in [2.05, 4.69) is 35.8 Å². The first kappa shape index (κ1) is 32.2. The number of anilines is 4. The Morgan fingerprint density at radius 1 is 1.00 bits per heavy atom. The molecule has 3 aliphatic heterocycles. The molecule has 0 atom stereocenters. The summed E-state index contributed by atoms with van der Waals surface area (Å²) in [6.45, 7) is 7.97. The second-order valence-corrected chi connectivity index (χ2v) is 13.5. The Labute approximate surface area is 290 Å². The van der Waals surface area contributed by atoms with E-state index in [1.807, 2.05) is 36.5 Å². The largest absolute Gasteiger partial charge is 0.461 e. The lowest BCUT2D eigenvalue weighted by Gasteiger charge is -2.43. The van der Waals surface area contributed by atoms with Crippen molar-refractivity contribution in [3.05, 3.63) is 81.5 Å². The number of amides is 1. The number of piperazine rings is 1. The maximum Gasteiger partial charge on any atom is 0.302 e. The van der Waals surface area contributed by atoms with E-state index >= 15 is 0 Å². The van der Waals surface area contributed by atoms with Gasteiger partial charge in [-0.1, -0.05) is 12.1 Å². The predicted molar refractivity (Wildman–Crippen MR) is 189 cm³/mol. The Kier molecular flexibility index (Phi) is 8.61. The number of aromatic nitrogens is 4. The maximum atomic E-state index is 14.0. The second-order valence-electron chi connectivity index (χ2n) is 13.5. The zero-order valence-electron chi connectivity index (χ0n) is 28.6. The van der Waals surface area contributed by atoms with Gasteiger partial charge in [-0.3, -0.25) is 19.3 Å². The zero-order valence-corrected chi connectivity index (χ0v) is 28.6. The molecule has 0 bridgehead atoms. The van der Waals surface area contributed by atoms with Crippen LogP contribution in [0, 0.1) is 0 Å². The van der Waals surface area contributed by atoms with Crippen LogP contribution in [-0.4, -0.2) is 88.1 Å². The highest BCUT2D eigenvalue weighted by atomic mass is 16.5. The minimum Gasteiger partial charge on any atom is -0.461 e. The van der Waals surface area contributed by atoms with E-state index in [9.17, 15) is 14.4 Å². The molecule has 50 heavy (non-hydrogen) atoms. The number of carbonyl (C=O) groups excluding carboxylic acids is 2. The molecule has 2 fully saturated rings. The Hall–Kier alpha value is -5.01. The third-order valence-electron chi connectivity index (χ3n) is 10.4. The van der Waals surface area contributed by atoms with Crippen LogP contribution in [0.25, 0.3) is 11.3 Å². The van der Waals surface area contributed by atoms with Crippen molar-refractivity contribution >= 4 is 34.8 Å². The van der Waals surface area contributed by atoms with E-state index in [4.69, 9.17) is 9.47 Å². The molecule has 1 amide bonds. The van der Waals surface area contributed by atoms with E-state index in [1.54, 1.807) is 18.0 Å². The van der Waals surface area contributed by atoms with Crippen molar-refractivity contribution in [3.8, 4) is 11.3 Å². The van der Waals surface area contributed by atoms with Gasteiger partial charge in [0.05, 0.1) is 42.5 Å². The summed E-state index contributed by atoms with van der Waals surface area (Å²) in [5.74, 6) is 0.0242. The molecule has 3 aromatic heterocycles. The summed E-state index contributed by atoms with van der Waals surface area (Å²) < 4.78 is 14.4. The number of rotatable bonds is 8. The van der Waals surface area contributed by atoms with Gasteiger partial charge in [0.15, 0.2) is 0 Å². The first-order chi connectivity index (χ1) is 24.3. The lowest BCUT2D eigenvalue weighted by Crippen LogP contribution is -2.56. The Balaban J connectivity index is 1.07. The fraction of sp³-hybridized carbons (Fsp3) is 0.432. The lowest BCUT2D eigenvalue weighted by atomic mass is 9.98. The summed E-state index contributed by atoms with van der Waals surface area (Å²) in [5, 5.41) is 7.80. The molecule has 0 spiro atoms. The fourth-order valence-electron chi connectivity index (χ4n) is 7.65. The van der Waals surface area contributed by atoms with Gasteiger partial charge in [-0.15, -0.1) is 0 Å². The van der Waals surface area contributed by atoms with Gasteiger partial charge in [-0.25, -0.2) is 9.67 Å². The molecule has 0 unspecified atom stereocenters. The molecule has 0 saturated carbocycles. The number of nitrogens with one attached hydrogen (secondary N) is 1. The normalized spacial score (nSPS) is 18.0. The third kappa shape index (κ3) is 6.04. The van der Waals surface area contributed by atoms with E-state index in [1.165, 1.54) is 22.9 Å². The number of esters is 1. The van der Waals surface area contributed by atoms with E-state index in [-0.39, 0.29) is 18.1 Å². The number of nitrogens with zero attached hydrogens (tertiary/aromatic N) is 7. The molecule has 4 aliphatic rings. The Morgan fingerprint density at radius 3 is 2.56 bits per heavy atom. The number of hydrogen-bond acceptors (Lipinski definition) is 10. The van der Waals surface area contributed by atoms with Crippen molar-refractivity contribution in [3.63, 3.8) is 0 Å². The van der Waals surface area contributed by atoms with E-state index in [0.29, 0.717) is 58.8 Å². The lowest BCUT2D eigenvalue weighted by molar-refractivity contribution is -0.142. The smallest absolute Gasteiger partial charge is 0.302 e. The standard InChI is InChI=1S/C37H42N8O5/c1-24(46)50-23-29-28(7-5-9-33(29)45-17-16-44-32-8-4-3-6-25(32)18-34(44)37(45)48)30-19-31(36(47)41(2)40-30)39-35-11-10-26(20-38-35)42-12-14-43(15-13-42)27-21-49-22-27/h5,7,9-11,18-20,27H,3-4,6,8,12-17,21-23H2,1-2H3,(H,38,39). The van der Waals surface area contributed by atoms with Crippen molar-refractivity contribution in [1.29, 1.82) is 0 Å². The van der Waals surface area contributed by atoms with Crippen LogP contribution < -0.4 is 20.7 Å². The summed E-state index contributed by atoms with van der Waals surface area (Å²) in [5.41, 5.74) is 6.72.